The summed E-state index contributed by atoms with van der Waals surface area (Å²) in [5.74, 6) is 0.00551. The highest BCUT2D eigenvalue weighted by molar-refractivity contribution is 7.89. The minimum absolute atomic E-state index is 0.00280. The Balaban J connectivity index is 1.78. The Labute approximate surface area is 149 Å². The molecular formula is C20H23NO3S. The Bertz CT molecular complexity index is 855. The predicted octanol–water partition coefficient (Wildman–Crippen LogP) is 3.52. The van der Waals surface area contributed by atoms with Crippen molar-refractivity contribution in [3.05, 3.63) is 70.8 Å². The van der Waals surface area contributed by atoms with Gasteiger partial charge in [0.15, 0.2) is 9.84 Å². The van der Waals surface area contributed by atoms with Crippen molar-refractivity contribution in [1.29, 1.82) is 0 Å². The van der Waals surface area contributed by atoms with Crippen molar-refractivity contribution in [2.24, 2.45) is 0 Å². The molecule has 2 aromatic rings. The molecule has 1 saturated heterocycles. The maximum Gasteiger partial charge on any atom is 0.254 e. The third kappa shape index (κ3) is 4.28. The van der Waals surface area contributed by atoms with Crippen molar-refractivity contribution in [2.45, 2.75) is 31.6 Å². The molecule has 1 heterocycles. The van der Waals surface area contributed by atoms with Gasteiger partial charge in [-0.1, -0.05) is 42.0 Å². The highest BCUT2D eigenvalue weighted by Gasteiger charge is 2.30. The largest absolute Gasteiger partial charge is 0.332 e. The Morgan fingerprint density at radius 3 is 2.32 bits per heavy atom. The van der Waals surface area contributed by atoms with Crippen molar-refractivity contribution in [3.8, 4) is 0 Å². The molecule has 2 aromatic carbocycles. The summed E-state index contributed by atoms with van der Waals surface area (Å²) in [6.45, 7) is 2.81. The van der Waals surface area contributed by atoms with Crippen LogP contribution in [0.25, 0.3) is 0 Å². The molecule has 1 amide bonds. The molecule has 1 aliphatic rings. The predicted molar refractivity (Wildman–Crippen MR) is 99.2 cm³/mol. The lowest BCUT2D eigenvalue weighted by Gasteiger charge is -2.25. The molecule has 5 heteroatoms. The maximum atomic E-state index is 12.9. The number of hydrogen-bond acceptors (Lipinski definition) is 3. The highest BCUT2D eigenvalue weighted by Crippen LogP contribution is 2.33. The molecular weight excluding hydrogens is 334 g/mol. The molecule has 1 atom stereocenters. The van der Waals surface area contributed by atoms with Gasteiger partial charge in [0.05, 0.1) is 11.8 Å². The van der Waals surface area contributed by atoms with Crippen LogP contribution in [-0.4, -0.2) is 32.0 Å². The quantitative estimate of drug-likeness (QED) is 0.841. The van der Waals surface area contributed by atoms with Gasteiger partial charge in [-0.15, -0.1) is 0 Å². The van der Waals surface area contributed by atoms with E-state index in [0.717, 1.165) is 19.4 Å². The fraction of sp³-hybridized carbons (Fsp3) is 0.350. The average Bonchev–Trinajstić information content (AvgIpc) is 3.04. The van der Waals surface area contributed by atoms with Crippen LogP contribution < -0.4 is 0 Å². The monoisotopic (exact) mass is 357 g/mol. The van der Waals surface area contributed by atoms with Crippen molar-refractivity contribution in [2.75, 3.05) is 12.8 Å². The number of amides is 1. The van der Waals surface area contributed by atoms with E-state index < -0.39 is 9.84 Å². The molecule has 0 radical (unpaired) electrons. The molecule has 1 unspecified atom stereocenters. The second-order valence-corrected chi connectivity index (χ2v) is 8.97. The van der Waals surface area contributed by atoms with Crippen LogP contribution in [0, 0.1) is 6.92 Å². The summed E-state index contributed by atoms with van der Waals surface area (Å²) in [6, 6.07) is 15.4. The van der Waals surface area contributed by atoms with E-state index in [1.54, 1.807) is 24.3 Å². The molecule has 0 saturated carbocycles. The van der Waals surface area contributed by atoms with Crippen LogP contribution in [0.2, 0.25) is 0 Å². The van der Waals surface area contributed by atoms with E-state index in [-0.39, 0.29) is 17.7 Å². The summed E-state index contributed by atoms with van der Waals surface area (Å²) < 4.78 is 22.8. The van der Waals surface area contributed by atoms with Crippen LogP contribution in [0.4, 0.5) is 0 Å². The molecule has 1 fully saturated rings. The number of carbonyl (C=O) groups excluding carboxylic acids is 1. The summed E-state index contributed by atoms with van der Waals surface area (Å²) in [4.78, 5) is 14.8. The Kier molecular flexibility index (Phi) is 4.95. The minimum atomic E-state index is -3.07. The van der Waals surface area contributed by atoms with Crippen LogP contribution in [-0.2, 0) is 15.6 Å². The van der Waals surface area contributed by atoms with Crippen LogP contribution >= 0.6 is 0 Å². The first-order valence-corrected chi connectivity index (χ1v) is 10.5. The van der Waals surface area contributed by atoms with E-state index in [0.29, 0.717) is 11.1 Å². The summed E-state index contributed by atoms with van der Waals surface area (Å²) in [6.07, 6.45) is 3.18. The number of aryl methyl sites for hydroxylation is 1. The number of hydrogen-bond donors (Lipinski definition) is 0. The number of carbonyl (C=O) groups is 1. The number of sulfone groups is 1. The van der Waals surface area contributed by atoms with Gasteiger partial charge in [-0.25, -0.2) is 8.42 Å². The maximum absolute atomic E-state index is 12.9. The number of likely N-dealkylation sites (tertiary alicyclic amines) is 1. The van der Waals surface area contributed by atoms with Crippen LogP contribution in [0.3, 0.4) is 0 Å². The molecule has 25 heavy (non-hydrogen) atoms. The third-order valence-electron chi connectivity index (χ3n) is 4.61. The van der Waals surface area contributed by atoms with E-state index in [4.69, 9.17) is 0 Å². The number of rotatable bonds is 4. The molecule has 0 bridgehead atoms. The third-order valence-corrected chi connectivity index (χ3v) is 5.46. The van der Waals surface area contributed by atoms with Crippen LogP contribution in [0.1, 0.15) is 45.9 Å². The van der Waals surface area contributed by atoms with Gasteiger partial charge in [0, 0.05) is 18.4 Å². The summed E-state index contributed by atoms with van der Waals surface area (Å²) in [7, 11) is -3.07. The second kappa shape index (κ2) is 7.00. The van der Waals surface area contributed by atoms with Gasteiger partial charge in [0.1, 0.15) is 0 Å². The Hall–Kier alpha value is -2.14. The summed E-state index contributed by atoms with van der Waals surface area (Å²) >= 11 is 0. The zero-order chi connectivity index (χ0) is 18.0. The topological polar surface area (TPSA) is 54.5 Å². The summed E-state index contributed by atoms with van der Waals surface area (Å²) in [5.41, 5.74) is 3.69. The van der Waals surface area contributed by atoms with Crippen LogP contribution in [0.15, 0.2) is 48.5 Å². The minimum Gasteiger partial charge on any atom is -0.332 e. The molecule has 3 rings (SSSR count). The second-order valence-electron chi connectivity index (χ2n) is 6.83. The first-order chi connectivity index (χ1) is 11.8. The lowest BCUT2D eigenvalue weighted by atomic mass is 10.0. The number of nitrogens with zero attached hydrogens (tertiary/aromatic N) is 1. The van der Waals surface area contributed by atoms with Gasteiger partial charge in [0.25, 0.3) is 5.91 Å². The van der Waals surface area contributed by atoms with Gasteiger partial charge in [-0.05, 0) is 43.0 Å². The van der Waals surface area contributed by atoms with E-state index in [2.05, 4.69) is 31.2 Å². The van der Waals surface area contributed by atoms with Gasteiger partial charge >= 0.3 is 0 Å². The Morgan fingerprint density at radius 2 is 1.72 bits per heavy atom. The van der Waals surface area contributed by atoms with Gasteiger partial charge in [-0.2, -0.15) is 0 Å². The Morgan fingerprint density at radius 1 is 1.08 bits per heavy atom. The zero-order valence-electron chi connectivity index (χ0n) is 14.6. The summed E-state index contributed by atoms with van der Waals surface area (Å²) in [5, 5.41) is 0. The molecule has 0 N–H and O–H groups in total. The van der Waals surface area contributed by atoms with Crippen molar-refractivity contribution < 1.29 is 13.2 Å². The lowest BCUT2D eigenvalue weighted by molar-refractivity contribution is 0.0735. The standard InChI is InChI=1S/C20H23NO3S/c1-15-5-9-17(10-6-15)19-4-3-13-21(19)20(22)18-11-7-16(8-12-18)14-25(2,23)24/h5-12,19H,3-4,13-14H2,1-2H3. The molecule has 1 aliphatic heterocycles. The highest BCUT2D eigenvalue weighted by atomic mass is 32.2. The molecule has 132 valence electrons. The lowest BCUT2D eigenvalue weighted by Crippen LogP contribution is -2.30. The molecule has 0 aliphatic carbocycles. The average molecular weight is 357 g/mol. The first kappa shape index (κ1) is 17.7. The zero-order valence-corrected chi connectivity index (χ0v) is 15.4. The van der Waals surface area contributed by atoms with Gasteiger partial charge < -0.3 is 4.90 Å². The first-order valence-electron chi connectivity index (χ1n) is 8.48. The SMILES string of the molecule is Cc1ccc(C2CCCN2C(=O)c2ccc(CS(C)(=O)=O)cc2)cc1. The smallest absolute Gasteiger partial charge is 0.254 e. The number of benzene rings is 2. The molecule has 4 nitrogen and oxygen atoms in total. The van der Waals surface area contributed by atoms with E-state index in [1.165, 1.54) is 17.4 Å². The molecule has 0 aromatic heterocycles. The van der Waals surface area contributed by atoms with E-state index in [9.17, 15) is 13.2 Å². The normalized spacial score (nSPS) is 17.7. The fourth-order valence-corrected chi connectivity index (χ4v) is 4.16. The van der Waals surface area contributed by atoms with E-state index >= 15 is 0 Å². The molecule has 0 spiro atoms. The van der Waals surface area contributed by atoms with Crippen molar-refractivity contribution in [1.82, 2.24) is 4.90 Å². The van der Waals surface area contributed by atoms with E-state index in [1.807, 2.05) is 4.90 Å². The van der Waals surface area contributed by atoms with Crippen molar-refractivity contribution >= 4 is 15.7 Å². The van der Waals surface area contributed by atoms with Crippen LogP contribution in [0.5, 0.6) is 0 Å². The van der Waals surface area contributed by atoms with Crippen molar-refractivity contribution in [3.63, 3.8) is 0 Å². The fourth-order valence-electron chi connectivity index (χ4n) is 3.36. The van der Waals surface area contributed by atoms with Gasteiger partial charge in [0.2, 0.25) is 0 Å². The van der Waals surface area contributed by atoms with Gasteiger partial charge in [-0.3, -0.25) is 4.79 Å².